The van der Waals surface area contributed by atoms with Crippen LogP contribution in [0.2, 0.25) is 0 Å². The van der Waals surface area contributed by atoms with Gasteiger partial charge in [0, 0.05) is 56.3 Å². The molecule has 4 rings (SSSR count). The van der Waals surface area contributed by atoms with E-state index < -0.39 is 0 Å². The molecule has 5 nitrogen and oxygen atoms in total. The van der Waals surface area contributed by atoms with Gasteiger partial charge in [-0.05, 0) is 50.2 Å². The Hall–Kier alpha value is -2.17. The first kappa shape index (κ1) is 16.3. The second-order valence-corrected chi connectivity index (χ2v) is 7.47. The van der Waals surface area contributed by atoms with Crippen molar-refractivity contribution in [1.29, 1.82) is 0 Å². The molecule has 1 amide bonds. The first-order valence-electron chi connectivity index (χ1n) is 9.39. The number of carbonyl (C=O) groups excluding carboxylic acids is 1. The fourth-order valence-corrected chi connectivity index (χ4v) is 4.30. The normalized spacial score (nSPS) is 21.2. The van der Waals surface area contributed by atoms with Gasteiger partial charge in [-0.1, -0.05) is 6.07 Å². The van der Waals surface area contributed by atoms with Crippen LogP contribution in [-0.2, 0) is 24.2 Å². The molecule has 0 N–H and O–H groups in total. The van der Waals surface area contributed by atoms with Crippen molar-refractivity contribution in [2.75, 3.05) is 13.1 Å². The Bertz CT molecular complexity index is 731. The van der Waals surface area contributed by atoms with Gasteiger partial charge in [-0.3, -0.25) is 9.78 Å². The lowest BCUT2D eigenvalue weighted by atomic mass is 9.89. The molecular formula is C20H26N4O. The number of aromatic nitrogens is 3. The fourth-order valence-electron chi connectivity index (χ4n) is 4.30. The topological polar surface area (TPSA) is 51.0 Å². The van der Waals surface area contributed by atoms with Crippen LogP contribution in [0.15, 0.2) is 30.7 Å². The molecule has 0 aliphatic carbocycles. The monoisotopic (exact) mass is 338 g/mol. The van der Waals surface area contributed by atoms with Crippen molar-refractivity contribution >= 4 is 5.91 Å². The summed E-state index contributed by atoms with van der Waals surface area (Å²) in [6.45, 7) is 4.77. The lowest BCUT2D eigenvalue weighted by Gasteiger charge is -2.35. The standard InChI is InChI=1S/C20H26N4O/c1-15-22-14-19-12-18(6-10-24(15)19)20(25)23-8-4-16(5-9-23)11-17-3-2-7-21-13-17/h2-3,7,13-14,16,18H,4-6,8-12H2,1H3. The Kier molecular flexibility index (Phi) is 4.55. The highest BCUT2D eigenvalue weighted by atomic mass is 16.2. The zero-order valence-electron chi connectivity index (χ0n) is 14.9. The highest BCUT2D eigenvalue weighted by Crippen LogP contribution is 2.27. The molecule has 132 valence electrons. The number of carbonyl (C=O) groups is 1. The van der Waals surface area contributed by atoms with Gasteiger partial charge in [0.25, 0.3) is 0 Å². The summed E-state index contributed by atoms with van der Waals surface area (Å²) in [5.41, 5.74) is 2.52. The molecule has 1 fully saturated rings. The average Bonchev–Trinajstić information content (AvgIpc) is 3.03. The number of hydrogen-bond donors (Lipinski definition) is 0. The van der Waals surface area contributed by atoms with Gasteiger partial charge in [-0.15, -0.1) is 0 Å². The maximum atomic E-state index is 12.9. The Balaban J connectivity index is 1.31. The van der Waals surface area contributed by atoms with Crippen molar-refractivity contribution in [2.24, 2.45) is 11.8 Å². The molecule has 2 aliphatic rings. The van der Waals surface area contributed by atoms with E-state index in [2.05, 4.69) is 25.5 Å². The van der Waals surface area contributed by atoms with Crippen LogP contribution in [0.3, 0.4) is 0 Å². The minimum absolute atomic E-state index is 0.137. The Morgan fingerprint density at radius 3 is 2.80 bits per heavy atom. The van der Waals surface area contributed by atoms with E-state index in [-0.39, 0.29) is 5.92 Å². The lowest BCUT2D eigenvalue weighted by molar-refractivity contribution is -0.137. The molecule has 25 heavy (non-hydrogen) atoms. The van der Waals surface area contributed by atoms with Gasteiger partial charge in [0.05, 0.1) is 0 Å². The number of fused-ring (bicyclic) bond motifs is 1. The summed E-state index contributed by atoms with van der Waals surface area (Å²) in [5.74, 6) is 2.23. The molecule has 0 bridgehead atoms. The average molecular weight is 338 g/mol. The number of piperidine rings is 1. The van der Waals surface area contributed by atoms with E-state index >= 15 is 0 Å². The van der Waals surface area contributed by atoms with Gasteiger partial charge in [-0.25, -0.2) is 4.98 Å². The molecule has 2 aromatic rings. The van der Waals surface area contributed by atoms with E-state index in [4.69, 9.17) is 0 Å². The van der Waals surface area contributed by atoms with Gasteiger partial charge in [0.1, 0.15) is 5.82 Å². The van der Waals surface area contributed by atoms with Gasteiger partial charge in [0.2, 0.25) is 5.91 Å². The second-order valence-electron chi connectivity index (χ2n) is 7.47. The van der Waals surface area contributed by atoms with Crippen molar-refractivity contribution in [3.05, 3.63) is 47.8 Å². The molecule has 1 atom stereocenters. The number of likely N-dealkylation sites (tertiary alicyclic amines) is 1. The summed E-state index contributed by atoms with van der Waals surface area (Å²) in [4.78, 5) is 23.6. The van der Waals surface area contributed by atoms with Crippen molar-refractivity contribution < 1.29 is 4.79 Å². The zero-order chi connectivity index (χ0) is 17.2. The van der Waals surface area contributed by atoms with E-state index in [1.807, 2.05) is 31.6 Å². The van der Waals surface area contributed by atoms with Crippen LogP contribution in [-0.4, -0.2) is 38.4 Å². The summed E-state index contributed by atoms with van der Waals surface area (Å²) >= 11 is 0. The fraction of sp³-hybridized carbons (Fsp3) is 0.550. The van der Waals surface area contributed by atoms with Gasteiger partial charge in [-0.2, -0.15) is 0 Å². The first-order valence-corrected chi connectivity index (χ1v) is 9.39. The van der Waals surface area contributed by atoms with E-state index in [1.165, 1.54) is 11.3 Å². The third-order valence-corrected chi connectivity index (χ3v) is 5.82. The second kappa shape index (κ2) is 6.98. The highest BCUT2D eigenvalue weighted by molar-refractivity contribution is 5.79. The van der Waals surface area contributed by atoms with Gasteiger partial charge >= 0.3 is 0 Å². The number of amides is 1. The number of imidazole rings is 1. The summed E-state index contributed by atoms with van der Waals surface area (Å²) in [7, 11) is 0. The van der Waals surface area contributed by atoms with Crippen LogP contribution < -0.4 is 0 Å². The van der Waals surface area contributed by atoms with Crippen LogP contribution in [0, 0.1) is 18.8 Å². The van der Waals surface area contributed by atoms with Crippen molar-refractivity contribution in [3.63, 3.8) is 0 Å². The number of aryl methyl sites for hydroxylation is 1. The number of hydrogen-bond acceptors (Lipinski definition) is 3. The van der Waals surface area contributed by atoms with E-state index in [0.717, 1.165) is 57.6 Å². The molecule has 4 heterocycles. The predicted molar refractivity (Wildman–Crippen MR) is 96.0 cm³/mol. The molecular weight excluding hydrogens is 312 g/mol. The summed E-state index contributed by atoms with van der Waals surface area (Å²) in [5, 5.41) is 0. The van der Waals surface area contributed by atoms with Crippen LogP contribution in [0.1, 0.15) is 36.3 Å². The number of rotatable bonds is 3. The van der Waals surface area contributed by atoms with Crippen molar-refractivity contribution in [1.82, 2.24) is 19.4 Å². The summed E-state index contributed by atoms with van der Waals surface area (Å²) < 4.78 is 2.25. The van der Waals surface area contributed by atoms with Gasteiger partial charge in [0.15, 0.2) is 0 Å². The smallest absolute Gasteiger partial charge is 0.226 e. The Morgan fingerprint density at radius 2 is 2.04 bits per heavy atom. The van der Waals surface area contributed by atoms with Crippen molar-refractivity contribution in [2.45, 2.75) is 45.6 Å². The highest BCUT2D eigenvalue weighted by Gasteiger charge is 2.31. The maximum Gasteiger partial charge on any atom is 0.226 e. The molecule has 2 aromatic heterocycles. The van der Waals surface area contributed by atoms with Crippen LogP contribution in [0.5, 0.6) is 0 Å². The van der Waals surface area contributed by atoms with Crippen LogP contribution in [0.25, 0.3) is 0 Å². The molecule has 0 aromatic carbocycles. The number of nitrogens with zero attached hydrogens (tertiary/aromatic N) is 4. The molecule has 0 saturated carbocycles. The summed E-state index contributed by atoms with van der Waals surface area (Å²) in [6.07, 6.45) is 10.8. The van der Waals surface area contributed by atoms with E-state index in [0.29, 0.717) is 11.8 Å². The largest absolute Gasteiger partial charge is 0.342 e. The van der Waals surface area contributed by atoms with Crippen LogP contribution in [0.4, 0.5) is 0 Å². The molecule has 1 saturated heterocycles. The van der Waals surface area contributed by atoms with E-state index in [9.17, 15) is 4.79 Å². The maximum absolute atomic E-state index is 12.9. The Morgan fingerprint density at radius 1 is 1.20 bits per heavy atom. The SMILES string of the molecule is Cc1ncc2n1CCC(C(=O)N1CCC(Cc3cccnc3)CC1)C2. The predicted octanol–water partition coefficient (Wildman–Crippen LogP) is 2.63. The third kappa shape index (κ3) is 3.46. The quantitative estimate of drug-likeness (QED) is 0.864. The zero-order valence-corrected chi connectivity index (χ0v) is 14.9. The van der Waals surface area contributed by atoms with E-state index in [1.54, 1.807) is 0 Å². The first-order chi connectivity index (χ1) is 12.2. The third-order valence-electron chi connectivity index (χ3n) is 5.82. The molecule has 0 spiro atoms. The minimum Gasteiger partial charge on any atom is -0.342 e. The molecule has 2 aliphatic heterocycles. The molecule has 5 heteroatoms. The van der Waals surface area contributed by atoms with Crippen molar-refractivity contribution in [3.8, 4) is 0 Å². The van der Waals surface area contributed by atoms with Gasteiger partial charge < -0.3 is 9.47 Å². The lowest BCUT2D eigenvalue weighted by Crippen LogP contribution is -2.43. The molecule has 0 radical (unpaired) electrons. The Labute approximate surface area is 149 Å². The summed E-state index contributed by atoms with van der Waals surface area (Å²) in [6, 6.07) is 4.15. The molecule has 1 unspecified atom stereocenters. The minimum atomic E-state index is 0.137. The number of pyridine rings is 1. The van der Waals surface area contributed by atoms with Crippen LogP contribution >= 0.6 is 0 Å².